The molecule has 6 nitrogen and oxygen atoms in total. The molecule has 0 N–H and O–H groups in total. The van der Waals surface area contributed by atoms with Gasteiger partial charge < -0.3 is 14.5 Å². The van der Waals surface area contributed by atoms with Crippen LogP contribution in [0, 0.1) is 5.82 Å². The first-order chi connectivity index (χ1) is 16.0. The number of halogens is 2. The Balaban J connectivity index is 1.57. The standard InChI is InChI=1S/C25H23ClFN3O3/c26-21-9-4-10-22(27)24(21)25(32)30-15-20(33-17-18-6-2-1-3-7-18)14-29(23(31)16-30)13-19-8-5-11-28-12-19/h1-12,20H,13-17H2/t20-/m0/s1. The molecule has 170 valence electrons. The number of nitrogens with zero attached hydrogens (tertiary/aromatic N) is 3. The SMILES string of the molecule is O=C1CN(C(=O)c2c(F)cccc2Cl)C[C@@H](OCc2ccccc2)CN1Cc1cccnc1. The molecule has 0 spiro atoms. The molecule has 1 aliphatic rings. The molecular weight excluding hydrogens is 445 g/mol. The van der Waals surface area contributed by atoms with Crippen LogP contribution in [0.15, 0.2) is 73.1 Å². The summed E-state index contributed by atoms with van der Waals surface area (Å²) in [6.07, 6.45) is 2.89. The fourth-order valence-corrected chi connectivity index (χ4v) is 4.00. The zero-order valence-corrected chi connectivity index (χ0v) is 18.6. The molecule has 4 rings (SSSR count). The van der Waals surface area contributed by atoms with E-state index in [1.54, 1.807) is 23.4 Å². The molecule has 33 heavy (non-hydrogen) atoms. The number of amides is 2. The molecule has 0 aliphatic carbocycles. The number of hydrogen-bond donors (Lipinski definition) is 0. The summed E-state index contributed by atoms with van der Waals surface area (Å²) in [5.41, 5.74) is 1.60. The van der Waals surface area contributed by atoms with E-state index in [-0.39, 0.29) is 36.1 Å². The maximum atomic E-state index is 14.4. The third-order valence-electron chi connectivity index (χ3n) is 5.42. The summed E-state index contributed by atoms with van der Waals surface area (Å²) >= 11 is 6.11. The van der Waals surface area contributed by atoms with Crippen LogP contribution in [-0.4, -0.2) is 52.3 Å². The van der Waals surface area contributed by atoms with Crippen molar-refractivity contribution in [2.75, 3.05) is 19.6 Å². The molecule has 1 aliphatic heterocycles. The van der Waals surface area contributed by atoms with Crippen molar-refractivity contribution >= 4 is 23.4 Å². The van der Waals surface area contributed by atoms with Crippen molar-refractivity contribution in [3.63, 3.8) is 0 Å². The molecule has 2 heterocycles. The first-order valence-corrected chi connectivity index (χ1v) is 10.9. The van der Waals surface area contributed by atoms with Crippen molar-refractivity contribution in [2.24, 2.45) is 0 Å². The van der Waals surface area contributed by atoms with Gasteiger partial charge in [-0.15, -0.1) is 0 Å². The molecule has 0 unspecified atom stereocenters. The summed E-state index contributed by atoms with van der Waals surface area (Å²) in [5, 5.41) is 0.00525. The Morgan fingerprint density at radius 1 is 1.06 bits per heavy atom. The summed E-state index contributed by atoms with van der Waals surface area (Å²) in [5.74, 6) is -1.62. The van der Waals surface area contributed by atoms with Gasteiger partial charge in [0.05, 0.1) is 23.3 Å². The third kappa shape index (κ3) is 5.74. The molecule has 8 heteroatoms. The van der Waals surface area contributed by atoms with Crippen LogP contribution in [-0.2, 0) is 22.7 Å². The number of aromatic nitrogens is 1. The average Bonchev–Trinajstić information content (AvgIpc) is 2.97. The molecular formula is C25H23ClFN3O3. The van der Waals surface area contributed by atoms with Crippen molar-refractivity contribution in [1.82, 2.24) is 14.8 Å². The second-order valence-electron chi connectivity index (χ2n) is 7.84. The monoisotopic (exact) mass is 467 g/mol. The number of carbonyl (C=O) groups is 2. The highest BCUT2D eigenvalue weighted by atomic mass is 35.5. The molecule has 0 bridgehead atoms. The van der Waals surface area contributed by atoms with Gasteiger partial charge in [0.15, 0.2) is 0 Å². The maximum Gasteiger partial charge on any atom is 0.258 e. The molecule has 0 radical (unpaired) electrons. The first-order valence-electron chi connectivity index (χ1n) is 10.6. The summed E-state index contributed by atoms with van der Waals surface area (Å²) < 4.78 is 20.5. The number of pyridine rings is 1. The number of rotatable bonds is 6. The summed E-state index contributed by atoms with van der Waals surface area (Å²) in [6.45, 7) is 0.874. The second-order valence-corrected chi connectivity index (χ2v) is 8.24. The quantitative estimate of drug-likeness (QED) is 0.551. The van der Waals surface area contributed by atoms with Crippen molar-refractivity contribution in [2.45, 2.75) is 19.3 Å². The highest BCUT2D eigenvalue weighted by Crippen LogP contribution is 2.23. The van der Waals surface area contributed by atoms with E-state index >= 15 is 0 Å². The molecule has 2 aromatic carbocycles. The van der Waals surface area contributed by atoms with E-state index in [0.717, 1.165) is 11.1 Å². The van der Waals surface area contributed by atoms with Gasteiger partial charge in [-0.2, -0.15) is 0 Å². The van der Waals surface area contributed by atoms with Crippen LogP contribution in [0.1, 0.15) is 21.5 Å². The topological polar surface area (TPSA) is 62.7 Å². The molecule has 1 fully saturated rings. The first kappa shape index (κ1) is 22.9. The predicted molar refractivity (Wildman–Crippen MR) is 122 cm³/mol. The minimum atomic E-state index is -0.724. The van der Waals surface area contributed by atoms with Gasteiger partial charge >= 0.3 is 0 Å². The lowest BCUT2D eigenvalue weighted by atomic mass is 10.1. The molecule has 3 aromatic rings. The molecule has 1 saturated heterocycles. The van der Waals surface area contributed by atoms with Crippen molar-refractivity contribution < 1.29 is 18.7 Å². The smallest absolute Gasteiger partial charge is 0.258 e. The summed E-state index contributed by atoms with van der Waals surface area (Å²) in [7, 11) is 0. The normalized spacial score (nSPS) is 16.5. The lowest BCUT2D eigenvalue weighted by Crippen LogP contribution is -2.40. The minimum absolute atomic E-state index is 0.00525. The zero-order chi connectivity index (χ0) is 23.2. The number of hydrogen-bond acceptors (Lipinski definition) is 4. The van der Waals surface area contributed by atoms with Crippen molar-refractivity contribution in [3.05, 3.63) is 101 Å². The fraction of sp³-hybridized carbons (Fsp3) is 0.240. The van der Waals surface area contributed by atoms with Gasteiger partial charge in [0.25, 0.3) is 5.91 Å². The van der Waals surface area contributed by atoms with Crippen LogP contribution in [0.2, 0.25) is 5.02 Å². The second kappa shape index (κ2) is 10.6. The Hall–Kier alpha value is -3.29. The predicted octanol–water partition coefficient (Wildman–Crippen LogP) is 3.94. The van der Waals surface area contributed by atoms with Crippen LogP contribution >= 0.6 is 11.6 Å². The summed E-state index contributed by atoms with van der Waals surface area (Å²) in [4.78, 5) is 33.3. The van der Waals surface area contributed by atoms with Gasteiger partial charge in [0.1, 0.15) is 12.4 Å². The Kier molecular flexibility index (Phi) is 7.32. The van der Waals surface area contributed by atoms with E-state index in [1.165, 1.54) is 23.1 Å². The van der Waals surface area contributed by atoms with Gasteiger partial charge in [-0.05, 0) is 29.3 Å². The van der Waals surface area contributed by atoms with Crippen molar-refractivity contribution in [3.8, 4) is 0 Å². The molecule has 2 amide bonds. The fourth-order valence-electron chi connectivity index (χ4n) is 3.75. The lowest BCUT2D eigenvalue weighted by Gasteiger charge is -2.25. The maximum absolute atomic E-state index is 14.4. The van der Waals surface area contributed by atoms with Crippen LogP contribution in [0.25, 0.3) is 0 Å². The third-order valence-corrected chi connectivity index (χ3v) is 5.73. The number of benzene rings is 2. The van der Waals surface area contributed by atoms with E-state index in [1.807, 2.05) is 36.4 Å². The van der Waals surface area contributed by atoms with E-state index in [4.69, 9.17) is 16.3 Å². The molecule has 0 saturated carbocycles. The lowest BCUT2D eigenvalue weighted by molar-refractivity contribution is -0.132. The number of ether oxygens (including phenoxy) is 1. The Labute approximate surface area is 196 Å². The van der Waals surface area contributed by atoms with Gasteiger partial charge in [0.2, 0.25) is 5.91 Å². The van der Waals surface area contributed by atoms with Crippen LogP contribution in [0.4, 0.5) is 4.39 Å². The van der Waals surface area contributed by atoms with Crippen LogP contribution in [0.3, 0.4) is 0 Å². The highest BCUT2D eigenvalue weighted by molar-refractivity contribution is 6.33. The van der Waals surface area contributed by atoms with E-state index in [9.17, 15) is 14.0 Å². The molecule has 1 atom stereocenters. The van der Waals surface area contributed by atoms with Gasteiger partial charge in [-0.3, -0.25) is 14.6 Å². The highest BCUT2D eigenvalue weighted by Gasteiger charge is 2.33. The largest absolute Gasteiger partial charge is 0.370 e. The van der Waals surface area contributed by atoms with E-state index in [2.05, 4.69) is 4.98 Å². The molecule has 1 aromatic heterocycles. The average molecular weight is 468 g/mol. The van der Waals surface area contributed by atoms with E-state index in [0.29, 0.717) is 13.2 Å². The Bertz CT molecular complexity index is 1090. The van der Waals surface area contributed by atoms with Crippen molar-refractivity contribution in [1.29, 1.82) is 0 Å². The van der Waals surface area contributed by atoms with Gasteiger partial charge in [-0.25, -0.2) is 4.39 Å². The van der Waals surface area contributed by atoms with Gasteiger partial charge in [0, 0.05) is 32.0 Å². The van der Waals surface area contributed by atoms with Crippen LogP contribution < -0.4 is 0 Å². The Morgan fingerprint density at radius 3 is 2.58 bits per heavy atom. The summed E-state index contributed by atoms with van der Waals surface area (Å²) in [6, 6.07) is 17.4. The minimum Gasteiger partial charge on any atom is -0.370 e. The van der Waals surface area contributed by atoms with Crippen LogP contribution in [0.5, 0.6) is 0 Å². The Morgan fingerprint density at radius 2 is 1.85 bits per heavy atom. The van der Waals surface area contributed by atoms with E-state index < -0.39 is 17.8 Å². The van der Waals surface area contributed by atoms with Gasteiger partial charge in [-0.1, -0.05) is 54.1 Å². The number of carbonyl (C=O) groups excluding carboxylic acids is 2. The zero-order valence-electron chi connectivity index (χ0n) is 17.9.